The van der Waals surface area contributed by atoms with Crippen LogP contribution in [0.25, 0.3) is 0 Å². The molecule has 0 atom stereocenters. The van der Waals surface area contributed by atoms with Crippen LogP contribution in [-0.4, -0.2) is 26.4 Å². The molecule has 20 heavy (non-hydrogen) atoms. The highest BCUT2D eigenvalue weighted by molar-refractivity contribution is 5.56. The third-order valence-corrected chi connectivity index (χ3v) is 2.66. The van der Waals surface area contributed by atoms with Crippen molar-refractivity contribution in [1.29, 1.82) is 0 Å². The summed E-state index contributed by atoms with van der Waals surface area (Å²) in [6.07, 6.45) is 2.78. The largest absolute Gasteiger partial charge is 0.303 e. The molecule has 1 N–H and O–H groups in total. The molecule has 0 aromatic carbocycles. The molecule has 0 saturated heterocycles. The maximum atomic E-state index is 10.1. The summed E-state index contributed by atoms with van der Waals surface area (Å²) in [4.78, 5) is 23.6. The number of nitrogens with one attached hydrogen (secondary N) is 1. The number of H-pyrrole nitrogens is 1. The number of hydrogen-bond donors (Lipinski definition) is 1. The molecule has 0 aliphatic rings. The molecule has 2 aromatic rings. The first-order chi connectivity index (χ1) is 9.45. The predicted molar refractivity (Wildman–Crippen MR) is 73.5 cm³/mol. The lowest BCUT2D eigenvalue weighted by Gasteiger charge is -1.90. The van der Waals surface area contributed by atoms with Crippen LogP contribution < -0.4 is 0 Å². The van der Waals surface area contributed by atoms with E-state index >= 15 is 0 Å². The second kappa shape index (κ2) is 7.13. The second-order valence-corrected chi connectivity index (χ2v) is 4.20. The van der Waals surface area contributed by atoms with Crippen molar-refractivity contribution in [3.05, 3.63) is 51.1 Å². The van der Waals surface area contributed by atoms with Gasteiger partial charge in [0.05, 0.1) is 10.6 Å². The average Bonchev–Trinajstić information content (AvgIpc) is 2.72. The third-order valence-electron chi connectivity index (χ3n) is 2.66. The number of aldehydes is 1. The number of pyridine rings is 1. The third kappa shape index (κ3) is 4.27. The molecule has 2 heterocycles. The average molecular weight is 276 g/mol. The molecule has 7 heteroatoms. The molecular formula is C13H16N4O3. The van der Waals surface area contributed by atoms with E-state index in [0.29, 0.717) is 12.1 Å². The minimum Gasteiger partial charge on any atom is -0.303 e. The summed E-state index contributed by atoms with van der Waals surface area (Å²) in [5.74, 6) is 0. The summed E-state index contributed by atoms with van der Waals surface area (Å²) in [6, 6.07) is 2.80. The molecule has 0 unspecified atom stereocenters. The second-order valence-electron chi connectivity index (χ2n) is 4.20. The van der Waals surface area contributed by atoms with Gasteiger partial charge in [-0.3, -0.25) is 20.2 Å². The van der Waals surface area contributed by atoms with E-state index in [-0.39, 0.29) is 5.69 Å². The quantitative estimate of drug-likeness (QED) is 0.525. The summed E-state index contributed by atoms with van der Waals surface area (Å²) < 4.78 is 0. The highest BCUT2D eigenvalue weighted by Gasteiger charge is 2.03. The molecule has 0 fully saturated rings. The lowest BCUT2D eigenvalue weighted by molar-refractivity contribution is -0.385. The van der Waals surface area contributed by atoms with Gasteiger partial charge in [-0.2, -0.15) is 5.10 Å². The molecular weight excluding hydrogens is 260 g/mol. The normalized spacial score (nSPS) is 9.55. The molecule has 0 radical (unpaired) electrons. The Morgan fingerprint density at radius 1 is 1.40 bits per heavy atom. The van der Waals surface area contributed by atoms with Crippen molar-refractivity contribution < 1.29 is 9.72 Å². The highest BCUT2D eigenvalue weighted by Crippen LogP contribution is 2.09. The summed E-state index contributed by atoms with van der Waals surface area (Å²) >= 11 is 0. The van der Waals surface area contributed by atoms with Crippen molar-refractivity contribution in [3.8, 4) is 0 Å². The molecule has 0 aliphatic carbocycles. The zero-order chi connectivity index (χ0) is 15.1. The predicted octanol–water partition coefficient (Wildman–Crippen LogP) is 2.07. The van der Waals surface area contributed by atoms with Crippen LogP contribution in [0.5, 0.6) is 0 Å². The van der Waals surface area contributed by atoms with Gasteiger partial charge in [0.15, 0.2) is 0 Å². The SMILES string of the molecule is Cc1cc([N+](=O)[O-])ccn1.Cc1n[nH]c(C)c1CC=O. The van der Waals surface area contributed by atoms with Crippen molar-refractivity contribution in [1.82, 2.24) is 15.2 Å². The van der Waals surface area contributed by atoms with E-state index in [4.69, 9.17) is 0 Å². The van der Waals surface area contributed by atoms with E-state index in [0.717, 1.165) is 23.2 Å². The molecule has 0 aliphatic heterocycles. The van der Waals surface area contributed by atoms with Gasteiger partial charge in [0.2, 0.25) is 0 Å². The highest BCUT2D eigenvalue weighted by atomic mass is 16.6. The van der Waals surface area contributed by atoms with E-state index < -0.39 is 4.92 Å². The Morgan fingerprint density at radius 2 is 2.10 bits per heavy atom. The summed E-state index contributed by atoms with van der Waals surface area (Å²) in [6.45, 7) is 5.52. The van der Waals surface area contributed by atoms with Gasteiger partial charge >= 0.3 is 0 Å². The van der Waals surface area contributed by atoms with Gasteiger partial charge < -0.3 is 4.79 Å². The fourth-order valence-electron chi connectivity index (χ4n) is 1.60. The van der Waals surface area contributed by atoms with Crippen LogP contribution in [-0.2, 0) is 11.2 Å². The molecule has 7 nitrogen and oxygen atoms in total. The van der Waals surface area contributed by atoms with Gasteiger partial charge in [0.25, 0.3) is 5.69 Å². The summed E-state index contributed by atoms with van der Waals surface area (Å²) in [5.41, 5.74) is 3.69. The summed E-state index contributed by atoms with van der Waals surface area (Å²) in [5, 5.41) is 16.9. The molecule has 0 spiro atoms. The maximum Gasteiger partial charge on any atom is 0.272 e. The lowest BCUT2D eigenvalue weighted by Crippen LogP contribution is -1.88. The van der Waals surface area contributed by atoms with Crippen molar-refractivity contribution in [2.45, 2.75) is 27.2 Å². The van der Waals surface area contributed by atoms with Crippen molar-refractivity contribution in [2.24, 2.45) is 0 Å². The Morgan fingerprint density at radius 3 is 2.50 bits per heavy atom. The fraction of sp³-hybridized carbons (Fsp3) is 0.308. The number of carbonyl (C=O) groups excluding carboxylic acids is 1. The minimum atomic E-state index is -0.436. The first-order valence-corrected chi connectivity index (χ1v) is 5.96. The topological polar surface area (TPSA) is 102 Å². The molecule has 0 amide bonds. The number of aromatic nitrogens is 3. The van der Waals surface area contributed by atoms with Gasteiger partial charge in [0, 0.05) is 41.7 Å². The van der Waals surface area contributed by atoms with Crippen LogP contribution in [0.3, 0.4) is 0 Å². The molecule has 2 aromatic heterocycles. The Labute approximate surface area is 116 Å². The zero-order valence-corrected chi connectivity index (χ0v) is 11.6. The molecule has 0 saturated carbocycles. The summed E-state index contributed by atoms with van der Waals surface area (Å²) in [7, 11) is 0. The van der Waals surface area contributed by atoms with Crippen LogP contribution >= 0.6 is 0 Å². The van der Waals surface area contributed by atoms with E-state index in [2.05, 4.69) is 15.2 Å². The van der Waals surface area contributed by atoms with Crippen LogP contribution in [0.1, 0.15) is 22.6 Å². The minimum absolute atomic E-state index is 0.0903. The van der Waals surface area contributed by atoms with Gasteiger partial charge in [-0.05, 0) is 20.8 Å². The Kier molecular flexibility index (Phi) is 5.52. The first kappa shape index (κ1) is 15.5. The van der Waals surface area contributed by atoms with E-state index in [1.54, 1.807) is 6.92 Å². The van der Waals surface area contributed by atoms with Gasteiger partial charge in [-0.25, -0.2) is 0 Å². The first-order valence-electron chi connectivity index (χ1n) is 5.96. The number of nitrogens with zero attached hydrogens (tertiary/aromatic N) is 3. The Balaban J connectivity index is 0.000000200. The number of nitro groups is 1. The van der Waals surface area contributed by atoms with Crippen LogP contribution in [0.15, 0.2) is 18.3 Å². The van der Waals surface area contributed by atoms with Gasteiger partial charge in [-0.15, -0.1) is 0 Å². The number of hydrogen-bond acceptors (Lipinski definition) is 5. The van der Waals surface area contributed by atoms with Crippen molar-refractivity contribution >= 4 is 12.0 Å². The number of aromatic amines is 1. The fourth-order valence-corrected chi connectivity index (χ4v) is 1.60. The standard InChI is InChI=1S/C7H10N2O.C6H6N2O2/c1-5-7(3-4-10)6(2)9-8-5;1-5-4-6(8(9)10)2-3-7-5/h4H,3H2,1-2H3,(H,8,9);2-4H,1H3. The van der Waals surface area contributed by atoms with Crippen LogP contribution in [0.2, 0.25) is 0 Å². The zero-order valence-electron chi connectivity index (χ0n) is 11.6. The monoisotopic (exact) mass is 276 g/mol. The smallest absolute Gasteiger partial charge is 0.272 e. The Bertz CT molecular complexity index is 588. The molecule has 106 valence electrons. The Hall–Kier alpha value is -2.57. The van der Waals surface area contributed by atoms with Crippen LogP contribution in [0, 0.1) is 30.9 Å². The van der Waals surface area contributed by atoms with Crippen molar-refractivity contribution in [3.63, 3.8) is 0 Å². The number of rotatable bonds is 3. The van der Waals surface area contributed by atoms with Crippen molar-refractivity contribution in [2.75, 3.05) is 0 Å². The molecule has 0 bridgehead atoms. The van der Waals surface area contributed by atoms with Crippen LogP contribution in [0.4, 0.5) is 5.69 Å². The lowest BCUT2D eigenvalue weighted by atomic mass is 10.1. The maximum absolute atomic E-state index is 10.1. The van der Waals surface area contributed by atoms with Gasteiger partial charge in [-0.1, -0.05) is 0 Å². The number of carbonyl (C=O) groups is 1. The van der Waals surface area contributed by atoms with Gasteiger partial charge in [0.1, 0.15) is 6.29 Å². The van der Waals surface area contributed by atoms with E-state index in [1.807, 2.05) is 13.8 Å². The van der Waals surface area contributed by atoms with E-state index in [9.17, 15) is 14.9 Å². The molecule has 2 rings (SSSR count). The number of aryl methyl sites for hydroxylation is 3. The van der Waals surface area contributed by atoms with E-state index in [1.165, 1.54) is 18.3 Å².